The van der Waals surface area contributed by atoms with Gasteiger partial charge in [-0.2, -0.15) is 0 Å². The van der Waals surface area contributed by atoms with Gasteiger partial charge in [0.15, 0.2) is 5.65 Å². The summed E-state index contributed by atoms with van der Waals surface area (Å²) >= 11 is 0. The Morgan fingerprint density at radius 2 is 1.79 bits per heavy atom. The largest absolute Gasteiger partial charge is 0.384 e. The molecule has 0 bridgehead atoms. The van der Waals surface area contributed by atoms with Crippen LogP contribution in [0, 0.1) is 0 Å². The van der Waals surface area contributed by atoms with Gasteiger partial charge >= 0.3 is 0 Å². The quantitative estimate of drug-likeness (QED) is 0.648. The van der Waals surface area contributed by atoms with E-state index in [1.807, 2.05) is 43.3 Å². The number of hydrogen-bond donors (Lipinski definition) is 3. The number of nitrogens with zero attached hydrogens (tertiary/aromatic N) is 2. The van der Waals surface area contributed by atoms with Gasteiger partial charge in [-0.25, -0.2) is 9.97 Å². The summed E-state index contributed by atoms with van der Waals surface area (Å²) in [5.41, 5.74) is 13.8. The van der Waals surface area contributed by atoms with Gasteiger partial charge in [-0.1, -0.05) is 30.3 Å². The molecule has 96 valence electrons. The lowest BCUT2D eigenvalue weighted by molar-refractivity contribution is 0.567. The number of nitrogens with one attached hydrogen (secondary N) is 1. The van der Waals surface area contributed by atoms with Gasteiger partial charge in [0.25, 0.3) is 0 Å². The first-order chi connectivity index (χ1) is 9.07. The van der Waals surface area contributed by atoms with Crippen LogP contribution in [-0.4, -0.2) is 15.0 Å². The Hall–Kier alpha value is -2.40. The van der Waals surface area contributed by atoms with Gasteiger partial charge < -0.3 is 16.5 Å². The predicted octanol–water partition coefficient (Wildman–Crippen LogP) is 1.76. The molecule has 0 aliphatic heterocycles. The number of hydrogen-bond acceptors (Lipinski definition) is 4. The highest BCUT2D eigenvalue weighted by Crippen LogP contribution is 2.25. The van der Waals surface area contributed by atoms with Crippen LogP contribution in [0.1, 0.15) is 18.3 Å². The van der Waals surface area contributed by atoms with E-state index in [4.69, 9.17) is 11.5 Å². The van der Waals surface area contributed by atoms with Crippen LogP contribution in [0.25, 0.3) is 11.2 Å². The molecule has 0 amide bonds. The Labute approximate surface area is 110 Å². The van der Waals surface area contributed by atoms with E-state index in [-0.39, 0.29) is 0 Å². The van der Waals surface area contributed by atoms with Gasteiger partial charge in [-0.05, 0) is 24.6 Å². The maximum atomic E-state index is 6.41. The van der Waals surface area contributed by atoms with Crippen molar-refractivity contribution < 1.29 is 0 Å². The van der Waals surface area contributed by atoms with Crippen LogP contribution < -0.4 is 11.5 Å². The van der Waals surface area contributed by atoms with Crippen molar-refractivity contribution in [2.24, 2.45) is 5.73 Å². The second-order valence-electron chi connectivity index (χ2n) is 4.76. The molecule has 0 aliphatic carbocycles. The lowest BCUT2D eigenvalue weighted by Crippen LogP contribution is -2.35. The average Bonchev–Trinajstić information content (AvgIpc) is 2.83. The molecule has 0 saturated carbocycles. The zero-order valence-electron chi connectivity index (χ0n) is 10.6. The molecule has 0 spiro atoms. The molecule has 1 unspecified atom stereocenters. The molecule has 5 N–H and O–H groups in total. The van der Waals surface area contributed by atoms with Crippen molar-refractivity contribution in [3.63, 3.8) is 0 Å². The molecule has 3 rings (SSSR count). The SMILES string of the molecule is CC(N)(c1ccccc1)c1nc2nc(N)ccc2[nH]1. The number of H-pyrrole nitrogens is 1. The monoisotopic (exact) mass is 253 g/mol. The number of anilines is 1. The highest BCUT2D eigenvalue weighted by molar-refractivity contribution is 5.72. The summed E-state index contributed by atoms with van der Waals surface area (Å²) in [4.78, 5) is 11.8. The maximum absolute atomic E-state index is 6.41. The highest BCUT2D eigenvalue weighted by Gasteiger charge is 2.27. The summed E-state index contributed by atoms with van der Waals surface area (Å²) in [6.45, 7) is 1.92. The minimum absolute atomic E-state index is 0.448. The molecule has 1 aromatic carbocycles. The van der Waals surface area contributed by atoms with E-state index in [9.17, 15) is 0 Å². The van der Waals surface area contributed by atoms with Crippen molar-refractivity contribution in [2.45, 2.75) is 12.5 Å². The van der Waals surface area contributed by atoms with Gasteiger partial charge in [0.2, 0.25) is 0 Å². The molecule has 19 heavy (non-hydrogen) atoms. The van der Waals surface area contributed by atoms with Crippen LogP contribution in [0.4, 0.5) is 5.82 Å². The normalized spacial score (nSPS) is 14.4. The van der Waals surface area contributed by atoms with Crippen molar-refractivity contribution in [3.8, 4) is 0 Å². The molecule has 2 heterocycles. The number of pyridine rings is 1. The fraction of sp³-hybridized carbons (Fsp3) is 0.143. The van der Waals surface area contributed by atoms with Gasteiger partial charge in [0, 0.05) is 0 Å². The molecule has 0 fully saturated rings. The second kappa shape index (κ2) is 4.07. The zero-order chi connectivity index (χ0) is 13.5. The predicted molar refractivity (Wildman–Crippen MR) is 75.4 cm³/mol. The van der Waals surface area contributed by atoms with Crippen molar-refractivity contribution in [1.82, 2.24) is 15.0 Å². The Morgan fingerprint density at radius 1 is 1.05 bits per heavy atom. The number of benzene rings is 1. The maximum Gasteiger partial charge on any atom is 0.179 e. The summed E-state index contributed by atoms with van der Waals surface area (Å²) in [7, 11) is 0. The van der Waals surface area contributed by atoms with E-state index in [1.54, 1.807) is 6.07 Å². The summed E-state index contributed by atoms with van der Waals surface area (Å²) < 4.78 is 0. The van der Waals surface area contributed by atoms with E-state index in [1.165, 1.54) is 0 Å². The first kappa shape index (κ1) is 11.7. The number of nitrogen functional groups attached to an aromatic ring is 1. The Balaban J connectivity index is 2.13. The number of rotatable bonds is 2. The third kappa shape index (κ3) is 1.94. The Bertz CT molecular complexity index is 715. The highest BCUT2D eigenvalue weighted by atomic mass is 15.0. The Kier molecular flexibility index (Phi) is 2.50. The van der Waals surface area contributed by atoms with Gasteiger partial charge in [0.05, 0.1) is 11.1 Å². The van der Waals surface area contributed by atoms with Crippen LogP contribution >= 0.6 is 0 Å². The molecule has 0 radical (unpaired) electrons. The zero-order valence-corrected chi connectivity index (χ0v) is 10.6. The van der Waals surface area contributed by atoms with Crippen LogP contribution in [0.2, 0.25) is 0 Å². The second-order valence-corrected chi connectivity index (χ2v) is 4.76. The molecular formula is C14H15N5. The summed E-state index contributed by atoms with van der Waals surface area (Å²) in [5, 5.41) is 0. The first-order valence-corrected chi connectivity index (χ1v) is 6.04. The Morgan fingerprint density at radius 3 is 2.53 bits per heavy atom. The summed E-state index contributed by atoms with van der Waals surface area (Å²) in [5.74, 6) is 1.12. The fourth-order valence-corrected chi connectivity index (χ4v) is 2.07. The van der Waals surface area contributed by atoms with E-state index < -0.39 is 5.54 Å². The molecule has 5 nitrogen and oxygen atoms in total. The van der Waals surface area contributed by atoms with E-state index in [0.717, 1.165) is 11.1 Å². The molecular weight excluding hydrogens is 238 g/mol. The number of aromatic amines is 1. The average molecular weight is 253 g/mol. The van der Waals surface area contributed by atoms with Crippen molar-refractivity contribution in [1.29, 1.82) is 0 Å². The number of nitrogens with two attached hydrogens (primary N) is 2. The lowest BCUT2D eigenvalue weighted by Gasteiger charge is -2.22. The van der Waals surface area contributed by atoms with E-state index >= 15 is 0 Å². The number of fused-ring (bicyclic) bond motifs is 1. The molecule has 0 saturated heterocycles. The minimum atomic E-state index is -0.698. The van der Waals surface area contributed by atoms with E-state index in [0.29, 0.717) is 17.3 Å². The first-order valence-electron chi connectivity index (χ1n) is 6.04. The van der Waals surface area contributed by atoms with Crippen LogP contribution in [0.3, 0.4) is 0 Å². The number of aromatic nitrogens is 3. The topological polar surface area (TPSA) is 93.6 Å². The third-order valence-electron chi connectivity index (χ3n) is 3.23. The van der Waals surface area contributed by atoms with Crippen LogP contribution in [-0.2, 0) is 5.54 Å². The van der Waals surface area contributed by atoms with Crippen LogP contribution in [0.15, 0.2) is 42.5 Å². The molecule has 1 atom stereocenters. The van der Waals surface area contributed by atoms with Crippen molar-refractivity contribution in [3.05, 3.63) is 53.9 Å². The fourth-order valence-electron chi connectivity index (χ4n) is 2.07. The smallest absolute Gasteiger partial charge is 0.179 e. The van der Waals surface area contributed by atoms with Crippen LogP contribution in [0.5, 0.6) is 0 Å². The molecule has 0 aliphatic rings. The standard InChI is InChI=1S/C14H15N5/c1-14(16,9-5-3-2-4-6-9)13-17-10-7-8-11(15)18-12(10)19-13/h2-8H,16H2,1H3,(H3,15,17,18,19). The van der Waals surface area contributed by atoms with Gasteiger partial charge in [-0.15, -0.1) is 0 Å². The number of imidazole rings is 1. The molecule has 2 aromatic heterocycles. The molecule has 5 heteroatoms. The third-order valence-corrected chi connectivity index (χ3v) is 3.23. The van der Waals surface area contributed by atoms with E-state index in [2.05, 4.69) is 15.0 Å². The summed E-state index contributed by atoms with van der Waals surface area (Å²) in [6.07, 6.45) is 0. The van der Waals surface area contributed by atoms with Gasteiger partial charge in [0.1, 0.15) is 11.6 Å². The van der Waals surface area contributed by atoms with Crippen molar-refractivity contribution in [2.75, 3.05) is 5.73 Å². The van der Waals surface area contributed by atoms with Gasteiger partial charge in [-0.3, -0.25) is 0 Å². The minimum Gasteiger partial charge on any atom is -0.384 e. The van der Waals surface area contributed by atoms with Crippen molar-refractivity contribution >= 4 is 17.0 Å². The molecule has 3 aromatic rings. The summed E-state index contributed by atoms with van der Waals surface area (Å²) in [6, 6.07) is 13.4. The lowest BCUT2D eigenvalue weighted by atomic mass is 9.92.